The number of fused-ring (bicyclic) bond motifs is 1. The summed E-state index contributed by atoms with van der Waals surface area (Å²) in [7, 11) is 1.94. The summed E-state index contributed by atoms with van der Waals surface area (Å²) < 4.78 is 0. The van der Waals surface area contributed by atoms with Gasteiger partial charge in [0.05, 0.1) is 11.4 Å². The Bertz CT molecular complexity index is 938. The Morgan fingerprint density at radius 3 is 2.39 bits per heavy atom. The Morgan fingerprint density at radius 1 is 0.929 bits per heavy atom. The number of hydrogen-bond donors (Lipinski definition) is 1. The number of benzene rings is 3. The summed E-state index contributed by atoms with van der Waals surface area (Å²) in [6, 6.07) is 22.3. The normalized spacial score (nSPS) is 11.1. The van der Waals surface area contributed by atoms with Crippen molar-refractivity contribution in [1.82, 2.24) is 5.01 Å². The SMILES string of the molecule is CCCCCC(=O)N(c1ccccc1N)N(C)Cc1ccc2ccccc2c1. The lowest BCUT2D eigenvalue weighted by atomic mass is 10.1. The fraction of sp³-hybridized carbons (Fsp3) is 0.292. The predicted octanol–water partition coefficient (Wildman–Crippen LogP) is 5.38. The van der Waals surface area contributed by atoms with Crippen LogP contribution in [-0.2, 0) is 11.3 Å². The maximum Gasteiger partial charge on any atom is 0.241 e. The maximum absolute atomic E-state index is 13.0. The highest BCUT2D eigenvalue weighted by Gasteiger charge is 2.22. The second kappa shape index (κ2) is 9.38. The number of amides is 1. The van der Waals surface area contributed by atoms with Crippen LogP contribution in [0.1, 0.15) is 38.2 Å². The zero-order chi connectivity index (χ0) is 19.9. The lowest BCUT2D eigenvalue weighted by Crippen LogP contribution is -2.44. The van der Waals surface area contributed by atoms with E-state index in [1.54, 1.807) is 5.01 Å². The van der Waals surface area contributed by atoms with E-state index < -0.39 is 0 Å². The molecule has 0 radical (unpaired) electrons. The van der Waals surface area contributed by atoms with Crippen LogP contribution >= 0.6 is 0 Å². The van der Waals surface area contributed by atoms with Crippen LogP contribution in [0.5, 0.6) is 0 Å². The van der Waals surface area contributed by atoms with Crippen LogP contribution in [0.3, 0.4) is 0 Å². The van der Waals surface area contributed by atoms with Gasteiger partial charge in [0.25, 0.3) is 0 Å². The van der Waals surface area contributed by atoms with Gasteiger partial charge in [0.15, 0.2) is 0 Å². The second-order valence-corrected chi connectivity index (χ2v) is 7.22. The molecule has 0 fully saturated rings. The molecule has 146 valence electrons. The summed E-state index contributed by atoms with van der Waals surface area (Å²) in [6.45, 7) is 2.77. The molecule has 0 unspecified atom stereocenters. The highest BCUT2D eigenvalue weighted by molar-refractivity contribution is 5.95. The van der Waals surface area contributed by atoms with E-state index in [0.717, 1.165) is 30.5 Å². The summed E-state index contributed by atoms with van der Waals surface area (Å²) in [4.78, 5) is 13.0. The molecular formula is C24H29N3O. The summed E-state index contributed by atoms with van der Waals surface area (Å²) in [5.41, 5.74) is 8.70. The fourth-order valence-electron chi connectivity index (χ4n) is 3.49. The molecule has 0 aromatic heterocycles. The monoisotopic (exact) mass is 375 g/mol. The third kappa shape index (κ3) is 4.70. The molecule has 0 aliphatic rings. The predicted molar refractivity (Wildman–Crippen MR) is 118 cm³/mol. The molecule has 4 nitrogen and oxygen atoms in total. The van der Waals surface area contributed by atoms with Crippen LogP contribution in [0.2, 0.25) is 0 Å². The third-order valence-electron chi connectivity index (χ3n) is 4.96. The summed E-state index contributed by atoms with van der Waals surface area (Å²) in [5.74, 6) is 0.0784. The average molecular weight is 376 g/mol. The van der Waals surface area contributed by atoms with Gasteiger partial charge >= 0.3 is 0 Å². The number of rotatable bonds is 8. The molecule has 0 spiro atoms. The number of hydrazine groups is 1. The first-order valence-corrected chi connectivity index (χ1v) is 9.96. The number of carbonyl (C=O) groups excluding carboxylic acids is 1. The number of nitrogens with zero attached hydrogens (tertiary/aromatic N) is 2. The van der Waals surface area contributed by atoms with Crippen LogP contribution < -0.4 is 10.7 Å². The Labute approximate surface area is 167 Å². The van der Waals surface area contributed by atoms with Crippen molar-refractivity contribution in [3.8, 4) is 0 Å². The van der Waals surface area contributed by atoms with Crippen LogP contribution in [0.15, 0.2) is 66.7 Å². The molecule has 0 atom stereocenters. The van der Waals surface area contributed by atoms with Crippen molar-refractivity contribution in [3.63, 3.8) is 0 Å². The minimum atomic E-state index is 0.0784. The molecule has 0 aliphatic carbocycles. The molecule has 0 bridgehead atoms. The van der Waals surface area contributed by atoms with Gasteiger partial charge in [0, 0.05) is 20.0 Å². The van der Waals surface area contributed by atoms with E-state index in [1.165, 1.54) is 10.8 Å². The molecule has 2 N–H and O–H groups in total. The zero-order valence-corrected chi connectivity index (χ0v) is 16.8. The van der Waals surface area contributed by atoms with E-state index in [1.807, 2.05) is 48.5 Å². The Hall–Kier alpha value is -2.85. The number of carbonyl (C=O) groups is 1. The minimum Gasteiger partial charge on any atom is -0.397 e. The fourth-order valence-corrected chi connectivity index (χ4v) is 3.49. The minimum absolute atomic E-state index is 0.0784. The first kappa shape index (κ1) is 19.9. The van der Waals surface area contributed by atoms with Gasteiger partial charge in [-0.1, -0.05) is 68.3 Å². The van der Waals surface area contributed by atoms with E-state index in [4.69, 9.17) is 5.73 Å². The summed E-state index contributed by atoms with van der Waals surface area (Å²) in [6.07, 6.45) is 3.55. The van der Waals surface area contributed by atoms with Gasteiger partial charge in [-0.05, 0) is 41.0 Å². The van der Waals surface area contributed by atoms with E-state index >= 15 is 0 Å². The van der Waals surface area contributed by atoms with Crippen molar-refractivity contribution in [2.75, 3.05) is 17.8 Å². The van der Waals surface area contributed by atoms with Crippen LogP contribution in [0.4, 0.5) is 11.4 Å². The first-order chi connectivity index (χ1) is 13.6. The van der Waals surface area contributed by atoms with Crippen molar-refractivity contribution in [1.29, 1.82) is 0 Å². The molecule has 0 heterocycles. The molecule has 0 saturated heterocycles. The van der Waals surface area contributed by atoms with Gasteiger partial charge in [-0.15, -0.1) is 0 Å². The van der Waals surface area contributed by atoms with E-state index in [2.05, 4.69) is 37.3 Å². The van der Waals surface area contributed by atoms with E-state index in [0.29, 0.717) is 18.7 Å². The average Bonchev–Trinajstić information content (AvgIpc) is 2.70. The van der Waals surface area contributed by atoms with Crippen molar-refractivity contribution in [2.45, 2.75) is 39.2 Å². The second-order valence-electron chi connectivity index (χ2n) is 7.22. The molecule has 28 heavy (non-hydrogen) atoms. The van der Waals surface area contributed by atoms with Gasteiger partial charge in [-0.2, -0.15) is 0 Å². The number of unbranched alkanes of at least 4 members (excludes halogenated alkanes) is 2. The highest BCUT2D eigenvalue weighted by Crippen LogP contribution is 2.26. The number of para-hydroxylation sites is 2. The molecular weight excluding hydrogens is 346 g/mol. The van der Waals surface area contributed by atoms with Crippen LogP contribution in [0.25, 0.3) is 10.8 Å². The van der Waals surface area contributed by atoms with Crippen molar-refractivity contribution in [2.24, 2.45) is 0 Å². The number of nitrogens with two attached hydrogens (primary N) is 1. The molecule has 4 heteroatoms. The van der Waals surface area contributed by atoms with Crippen molar-refractivity contribution >= 4 is 28.1 Å². The lowest BCUT2D eigenvalue weighted by molar-refractivity contribution is -0.121. The number of anilines is 2. The van der Waals surface area contributed by atoms with Crippen LogP contribution in [0, 0.1) is 0 Å². The molecule has 3 rings (SSSR count). The Balaban J connectivity index is 1.85. The van der Waals surface area contributed by atoms with Gasteiger partial charge in [0.2, 0.25) is 5.91 Å². The van der Waals surface area contributed by atoms with Gasteiger partial charge < -0.3 is 5.73 Å². The van der Waals surface area contributed by atoms with Gasteiger partial charge in [-0.3, -0.25) is 4.79 Å². The largest absolute Gasteiger partial charge is 0.397 e. The number of hydrogen-bond acceptors (Lipinski definition) is 3. The van der Waals surface area contributed by atoms with Gasteiger partial charge in [0.1, 0.15) is 0 Å². The maximum atomic E-state index is 13.0. The molecule has 1 amide bonds. The van der Waals surface area contributed by atoms with Crippen LogP contribution in [-0.4, -0.2) is 18.0 Å². The Kier molecular flexibility index (Phi) is 6.66. The smallest absolute Gasteiger partial charge is 0.241 e. The highest BCUT2D eigenvalue weighted by atomic mass is 16.2. The van der Waals surface area contributed by atoms with Gasteiger partial charge in [-0.25, -0.2) is 10.0 Å². The lowest BCUT2D eigenvalue weighted by Gasteiger charge is -2.33. The van der Waals surface area contributed by atoms with Crippen molar-refractivity contribution in [3.05, 3.63) is 72.3 Å². The first-order valence-electron chi connectivity index (χ1n) is 9.96. The van der Waals surface area contributed by atoms with E-state index in [9.17, 15) is 4.79 Å². The Morgan fingerprint density at radius 2 is 1.64 bits per heavy atom. The molecule has 0 saturated carbocycles. The summed E-state index contributed by atoms with van der Waals surface area (Å²) >= 11 is 0. The molecule has 3 aromatic rings. The van der Waals surface area contributed by atoms with Crippen molar-refractivity contribution < 1.29 is 4.79 Å². The number of nitrogen functional groups attached to an aromatic ring is 1. The van der Waals surface area contributed by atoms with E-state index in [-0.39, 0.29) is 5.91 Å². The summed E-state index contributed by atoms with van der Waals surface area (Å²) in [5, 5.41) is 6.12. The topological polar surface area (TPSA) is 49.6 Å². The zero-order valence-electron chi connectivity index (χ0n) is 16.8. The molecule has 0 aliphatic heterocycles. The quantitative estimate of drug-likeness (QED) is 0.326. The standard InChI is InChI=1S/C24H29N3O/c1-3-4-5-14-24(28)27(23-13-9-8-12-22(23)25)26(2)18-19-15-16-20-10-6-7-11-21(20)17-19/h6-13,15-17H,3-5,14,18,25H2,1-2H3. The molecule has 3 aromatic carbocycles. The third-order valence-corrected chi connectivity index (χ3v) is 4.96.